The molecule has 0 amide bonds. The molecule has 0 saturated carbocycles. The predicted octanol–water partition coefficient (Wildman–Crippen LogP) is 2.16. The summed E-state index contributed by atoms with van der Waals surface area (Å²) in [5, 5.41) is -0.505. The van der Waals surface area contributed by atoms with E-state index in [9.17, 15) is 4.79 Å². The van der Waals surface area contributed by atoms with Crippen LogP contribution in [0.25, 0.3) is 0 Å². The van der Waals surface area contributed by atoms with Crippen LogP contribution in [0.2, 0.25) is 0 Å². The largest absolute Gasteiger partial charge is 0.361 e. The topological polar surface area (TPSA) is 26.3 Å². The first kappa shape index (κ1) is 10.2. The number of fused-ring (bicyclic) bond motifs is 2. The number of ketones is 1. The van der Waals surface area contributed by atoms with Gasteiger partial charge >= 0.3 is 0 Å². The van der Waals surface area contributed by atoms with Crippen LogP contribution >= 0.6 is 11.6 Å². The molecule has 14 heavy (non-hydrogen) atoms. The number of alkyl halides is 1. The second-order valence-electron chi connectivity index (χ2n) is 4.65. The Kier molecular flexibility index (Phi) is 2.24. The standard InChI is InChI=1S/C11H15ClO2/c1-6(2)8-10(13)9(12)7-4-5-11(8,3)14-7/h4-9H,1-3H3/t7-,8+,9+,11?/m0/s1. The number of hydrogen-bond acceptors (Lipinski definition) is 2. The fraction of sp³-hybridized carbons (Fsp3) is 0.727. The van der Waals surface area contributed by atoms with Gasteiger partial charge in [-0.15, -0.1) is 11.6 Å². The molecule has 0 aromatic rings. The number of rotatable bonds is 1. The summed E-state index contributed by atoms with van der Waals surface area (Å²) < 4.78 is 5.78. The van der Waals surface area contributed by atoms with Gasteiger partial charge in [0.05, 0.1) is 11.5 Å². The van der Waals surface area contributed by atoms with E-state index < -0.39 is 11.0 Å². The lowest BCUT2D eigenvalue weighted by atomic mass is 9.76. The molecule has 0 radical (unpaired) electrons. The first-order chi connectivity index (χ1) is 6.46. The maximum absolute atomic E-state index is 12.0. The number of Topliss-reactive ketones (excluding diaryl/α,β-unsaturated/α-hetero) is 1. The molecule has 0 aromatic heterocycles. The van der Waals surface area contributed by atoms with Crippen LogP contribution in [0.4, 0.5) is 0 Å². The van der Waals surface area contributed by atoms with E-state index in [1.807, 2.05) is 32.9 Å². The Labute approximate surface area is 89.3 Å². The molecule has 2 aliphatic rings. The third-order valence-electron chi connectivity index (χ3n) is 3.16. The predicted molar refractivity (Wildman–Crippen MR) is 55.4 cm³/mol. The van der Waals surface area contributed by atoms with Crippen molar-refractivity contribution in [3.05, 3.63) is 12.2 Å². The van der Waals surface area contributed by atoms with Crippen molar-refractivity contribution in [1.29, 1.82) is 0 Å². The third kappa shape index (κ3) is 1.24. The molecule has 1 saturated heterocycles. The molecular weight excluding hydrogens is 200 g/mol. The first-order valence-corrected chi connectivity index (χ1v) is 5.44. The van der Waals surface area contributed by atoms with Crippen LogP contribution in [-0.2, 0) is 9.53 Å². The molecule has 2 bridgehead atoms. The van der Waals surface area contributed by atoms with Gasteiger partial charge in [-0.3, -0.25) is 4.79 Å². The zero-order chi connectivity index (χ0) is 10.5. The van der Waals surface area contributed by atoms with Crippen LogP contribution in [0.3, 0.4) is 0 Å². The zero-order valence-corrected chi connectivity index (χ0v) is 9.41. The fourth-order valence-electron chi connectivity index (χ4n) is 2.60. The van der Waals surface area contributed by atoms with E-state index >= 15 is 0 Å². The van der Waals surface area contributed by atoms with Crippen molar-refractivity contribution in [1.82, 2.24) is 0 Å². The molecule has 0 aliphatic carbocycles. The van der Waals surface area contributed by atoms with E-state index in [0.29, 0.717) is 0 Å². The summed E-state index contributed by atoms with van der Waals surface area (Å²) in [5.41, 5.74) is -0.429. The minimum atomic E-state index is -0.505. The minimum Gasteiger partial charge on any atom is -0.361 e. The lowest BCUT2D eigenvalue weighted by Gasteiger charge is -2.41. The highest BCUT2D eigenvalue weighted by Gasteiger charge is 2.53. The van der Waals surface area contributed by atoms with Gasteiger partial charge in [-0.2, -0.15) is 0 Å². The second kappa shape index (κ2) is 3.07. The maximum Gasteiger partial charge on any atom is 0.160 e. The van der Waals surface area contributed by atoms with Crippen LogP contribution in [0, 0.1) is 11.8 Å². The van der Waals surface area contributed by atoms with E-state index in [1.165, 1.54) is 0 Å². The minimum absolute atomic E-state index is 0.111. The summed E-state index contributed by atoms with van der Waals surface area (Å²) in [5.74, 6) is 0.280. The quantitative estimate of drug-likeness (QED) is 0.494. The molecule has 1 unspecified atom stereocenters. The fourth-order valence-corrected chi connectivity index (χ4v) is 2.87. The molecule has 0 spiro atoms. The molecule has 2 nitrogen and oxygen atoms in total. The molecule has 1 fully saturated rings. The average molecular weight is 215 g/mol. The smallest absolute Gasteiger partial charge is 0.160 e. The Hall–Kier alpha value is -0.340. The maximum atomic E-state index is 12.0. The van der Waals surface area contributed by atoms with Crippen molar-refractivity contribution >= 4 is 17.4 Å². The van der Waals surface area contributed by atoms with E-state index in [-0.39, 0.29) is 23.7 Å². The average Bonchev–Trinajstić information content (AvgIpc) is 2.42. The van der Waals surface area contributed by atoms with Gasteiger partial charge in [0, 0.05) is 0 Å². The van der Waals surface area contributed by atoms with E-state index in [1.54, 1.807) is 0 Å². The summed E-state index contributed by atoms with van der Waals surface area (Å²) in [6, 6.07) is 0. The molecule has 78 valence electrons. The van der Waals surface area contributed by atoms with Crippen LogP contribution in [0.15, 0.2) is 12.2 Å². The summed E-state index contributed by atoms with van der Waals surface area (Å²) in [4.78, 5) is 12.0. The molecule has 0 aromatic carbocycles. The second-order valence-corrected chi connectivity index (χ2v) is 5.12. The Morgan fingerprint density at radius 2 is 2.21 bits per heavy atom. The van der Waals surface area contributed by atoms with Crippen molar-refractivity contribution in [2.45, 2.75) is 37.9 Å². The van der Waals surface area contributed by atoms with E-state index in [4.69, 9.17) is 16.3 Å². The Morgan fingerprint density at radius 3 is 2.79 bits per heavy atom. The Morgan fingerprint density at radius 1 is 1.57 bits per heavy atom. The molecule has 2 rings (SSSR count). The summed E-state index contributed by atoms with van der Waals surface area (Å²) >= 11 is 6.03. The van der Waals surface area contributed by atoms with Crippen molar-refractivity contribution in [3.8, 4) is 0 Å². The summed E-state index contributed by atoms with van der Waals surface area (Å²) in [7, 11) is 0. The number of hydrogen-bond donors (Lipinski definition) is 0. The van der Waals surface area contributed by atoms with Gasteiger partial charge in [0.25, 0.3) is 0 Å². The first-order valence-electron chi connectivity index (χ1n) is 5.00. The monoisotopic (exact) mass is 214 g/mol. The van der Waals surface area contributed by atoms with Crippen molar-refractivity contribution in [2.75, 3.05) is 0 Å². The van der Waals surface area contributed by atoms with Gasteiger partial charge in [-0.05, 0) is 12.8 Å². The van der Waals surface area contributed by atoms with E-state index in [2.05, 4.69) is 0 Å². The highest BCUT2D eigenvalue weighted by atomic mass is 35.5. The SMILES string of the molecule is CC(C)[C@@H]1C(=O)[C@H](Cl)[C@@H]2C=CC1(C)O2. The van der Waals surface area contributed by atoms with E-state index in [0.717, 1.165) is 0 Å². The van der Waals surface area contributed by atoms with Crippen molar-refractivity contribution in [2.24, 2.45) is 11.8 Å². The van der Waals surface area contributed by atoms with Gasteiger partial charge in [-0.25, -0.2) is 0 Å². The van der Waals surface area contributed by atoms with Gasteiger partial charge in [0.2, 0.25) is 0 Å². The lowest BCUT2D eigenvalue weighted by molar-refractivity contribution is -0.150. The van der Waals surface area contributed by atoms with Crippen LogP contribution in [0.1, 0.15) is 20.8 Å². The van der Waals surface area contributed by atoms with Gasteiger partial charge in [-0.1, -0.05) is 26.0 Å². The van der Waals surface area contributed by atoms with Crippen LogP contribution in [-0.4, -0.2) is 22.9 Å². The van der Waals surface area contributed by atoms with Gasteiger partial charge < -0.3 is 4.74 Å². The lowest BCUT2D eigenvalue weighted by Crippen LogP contribution is -2.53. The van der Waals surface area contributed by atoms with Crippen LogP contribution < -0.4 is 0 Å². The molecular formula is C11H15ClO2. The number of carbonyl (C=O) groups excluding carboxylic acids is 1. The Balaban J connectivity index is 2.38. The highest BCUT2D eigenvalue weighted by molar-refractivity contribution is 6.32. The van der Waals surface area contributed by atoms with Crippen LogP contribution in [0.5, 0.6) is 0 Å². The molecule has 2 aliphatic heterocycles. The molecule has 0 N–H and O–H groups in total. The molecule has 2 heterocycles. The van der Waals surface area contributed by atoms with Gasteiger partial charge in [0.15, 0.2) is 5.78 Å². The number of halogens is 1. The van der Waals surface area contributed by atoms with Crippen molar-refractivity contribution < 1.29 is 9.53 Å². The highest BCUT2D eigenvalue weighted by Crippen LogP contribution is 2.43. The van der Waals surface area contributed by atoms with Gasteiger partial charge in [0.1, 0.15) is 11.5 Å². The number of carbonyl (C=O) groups is 1. The third-order valence-corrected chi connectivity index (χ3v) is 3.62. The van der Waals surface area contributed by atoms with Crippen molar-refractivity contribution in [3.63, 3.8) is 0 Å². The normalized spacial score (nSPS) is 46.4. The number of ether oxygens (including phenoxy) is 1. The summed E-state index contributed by atoms with van der Waals surface area (Å²) in [6.45, 7) is 6.04. The Bertz CT molecular complexity index is 298. The zero-order valence-electron chi connectivity index (χ0n) is 8.66. The summed E-state index contributed by atoms with van der Waals surface area (Å²) in [6.07, 6.45) is 3.68. The molecule has 3 heteroatoms. The molecule has 4 atom stereocenters.